The first-order valence-corrected chi connectivity index (χ1v) is 10.8. The Morgan fingerprint density at radius 2 is 1.75 bits per heavy atom. The molecule has 0 bridgehead atoms. The minimum absolute atomic E-state index is 0.0567. The molecule has 0 spiro atoms. The van der Waals surface area contributed by atoms with E-state index in [1.807, 2.05) is 79.7 Å². The highest BCUT2D eigenvalue weighted by molar-refractivity contribution is 5.94. The van der Waals surface area contributed by atoms with Crippen molar-refractivity contribution in [2.24, 2.45) is 0 Å². The standard InChI is InChI=1S/C27H27N3O2/c1-19(11-12-20-7-4-3-5-8-20)28-27(31)22-15-13-21(14-16-22)25-18-26(30-29-25)23-9-6-10-24(17-23)32-2/h3-10,13-19H,11-12H2,1-2H3,(H,28,31)(H,29,30). The number of ether oxygens (including phenoxy) is 1. The van der Waals surface area contributed by atoms with Crippen LogP contribution in [0.25, 0.3) is 22.5 Å². The number of carbonyl (C=O) groups excluding carboxylic acids is 1. The van der Waals surface area contributed by atoms with E-state index in [0.717, 1.165) is 41.1 Å². The molecular formula is C27H27N3O2. The first-order valence-electron chi connectivity index (χ1n) is 10.8. The zero-order valence-corrected chi connectivity index (χ0v) is 18.3. The van der Waals surface area contributed by atoms with Crippen LogP contribution in [0.3, 0.4) is 0 Å². The molecule has 2 N–H and O–H groups in total. The van der Waals surface area contributed by atoms with Gasteiger partial charge in [0, 0.05) is 17.2 Å². The van der Waals surface area contributed by atoms with Gasteiger partial charge < -0.3 is 10.1 Å². The van der Waals surface area contributed by atoms with E-state index in [9.17, 15) is 4.79 Å². The second kappa shape index (κ2) is 9.96. The van der Waals surface area contributed by atoms with Crippen LogP contribution in [-0.4, -0.2) is 29.3 Å². The molecule has 0 fully saturated rings. The summed E-state index contributed by atoms with van der Waals surface area (Å²) in [6.45, 7) is 2.04. The average Bonchev–Trinajstić information content (AvgIpc) is 3.34. The van der Waals surface area contributed by atoms with E-state index in [0.29, 0.717) is 5.56 Å². The lowest BCUT2D eigenvalue weighted by Crippen LogP contribution is -2.32. The zero-order chi connectivity index (χ0) is 22.3. The first kappa shape index (κ1) is 21.4. The van der Waals surface area contributed by atoms with Crippen molar-refractivity contribution in [2.45, 2.75) is 25.8 Å². The molecule has 162 valence electrons. The predicted octanol–water partition coefficient (Wildman–Crippen LogP) is 5.50. The number of aryl methyl sites for hydroxylation is 1. The molecule has 4 rings (SSSR count). The molecule has 0 aliphatic heterocycles. The van der Waals surface area contributed by atoms with Crippen LogP contribution in [0, 0.1) is 0 Å². The maximum atomic E-state index is 12.6. The fourth-order valence-corrected chi connectivity index (χ4v) is 3.61. The summed E-state index contributed by atoms with van der Waals surface area (Å²) in [6.07, 6.45) is 1.84. The van der Waals surface area contributed by atoms with E-state index in [-0.39, 0.29) is 11.9 Å². The summed E-state index contributed by atoms with van der Waals surface area (Å²) in [6, 6.07) is 27.8. The fraction of sp³-hybridized carbons (Fsp3) is 0.185. The number of methoxy groups -OCH3 is 1. The molecule has 1 heterocycles. The number of aromatic amines is 1. The highest BCUT2D eigenvalue weighted by atomic mass is 16.5. The van der Waals surface area contributed by atoms with Crippen LogP contribution < -0.4 is 10.1 Å². The molecule has 0 radical (unpaired) electrons. The molecule has 0 aliphatic rings. The van der Waals surface area contributed by atoms with E-state index >= 15 is 0 Å². The minimum atomic E-state index is -0.0567. The highest BCUT2D eigenvalue weighted by Crippen LogP contribution is 2.26. The Hall–Kier alpha value is -3.86. The predicted molar refractivity (Wildman–Crippen MR) is 128 cm³/mol. The Bertz CT molecular complexity index is 1170. The number of nitrogens with zero attached hydrogens (tertiary/aromatic N) is 1. The molecule has 32 heavy (non-hydrogen) atoms. The Labute approximate surface area is 188 Å². The van der Waals surface area contributed by atoms with Crippen LogP contribution in [0.5, 0.6) is 5.75 Å². The third kappa shape index (κ3) is 5.24. The topological polar surface area (TPSA) is 67.0 Å². The van der Waals surface area contributed by atoms with E-state index < -0.39 is 0 Å². The largest absolute Gasteiger partial charge is 0.497 e. The van der Waals surface area contributed by atoms with Crippen LogP contribution >= 0.6 is 0 Å². The van der Waals surface area contributed by atoms with Gasteiger partial charge in [0.2, 0.25) is 0 Å². The van der Waals surface area contributed by atoms with Gasteiger partial charge in [0.05, 0.1) is 18.5 Å². The van der Waals surface area contributed by atoms with Gasteiger partial charge in [0.15, 0.2) is 0 Å². The summed E-state index contributed by atoms with van der Waals surface area (Å²) in [5, 5.41) is 10.6. The van der Waals surface area contributed by atoms with Gasteiger partial charge in [-0.3, -0.25) is 9.89 Å². The fourth-order valence-electron chi connectivity index (χ4n) is 3.61. The second-order valence-electron chi connectivity index (χ2n) is 7.87. The number of benzene rings is 3. The monoisotopic (exact) mass is 425 g/mol. The summed E-state index contributed by atoms with van der Waals surface area (Å²) in [7, 11) is 1.65. The Morgan fingerprint density at radius 1 is 0.969 bits per heavy atom. The summed E-state index contributed by atoms with van der Waals surface area (Å²) >= 11 is 0. The van der Waals surface area contributed by atoms with Crippen molar-refractivity contribution in [3.63, 3.8) is 0 Å². The van der Waals surface area contributed by atoms with Gasteiger partial charge >= 0.3 is 0 Å². The Morgan fingerprint density at radius 3 is 2.50 bits per heavy atom. The van der Waals surface area contributed by atoms with Gasteiger partial charge in [-0.25, -0.2) is 0 Å². The third-order valence-electron chi connectivity index (χ3n) is 5.49. The molecule has 1 unspecified atom stereocenters. The number of aromatic nitrogens is 2. The highest BCUT2D eigenvalue weighted by Gasteiger charge is 2.11. The lowest BCUT2D eigenvalue weighted by molar-refractivity contribution is 0.0938. The summed E-state index contributed by atoms with van der Waals surface area (Å²) in [5.74, 6) is 0.735. The number of H-pyrrole nitrogens is 1. The zero-order valence-electron chi connectivity index (χ0n) is 18.3. The quantitative estimate of drug-likeness (QED) is 0.391. The van der Waals surface area contributed by atoms with Gasteiger partial charge in [0.25, 0.3) is 5.91 Å². The van der Waals surface area contributed by atoms with Crippen LogP contribution in [-0.2, 0) is 6.42 Å². The number of nitrogens with one attached hydrogen (secondary N) is 2. The van der Waals surface area contributed by atoms with Crippen molar-refractivity contribution in [3.05, 3.63) is 96.1 Å². The summed E-state index contributed by atoms with van der Waals surface area (Å²) in [4.78, 5) is 12.6. The van der Waals surface area contributed by atoms with Gasteiger partial charge in [-0.15, -0.1) is 0 Å². The molecule has 1 atom stereocenters. The average molecular weight is 426 g/mol. The number of rotatable bonds is 8. The van der Waals surface area contributed by atoms with Crippen LogP contribution in [0.1, 0.15) is 29.3 Å². The molecule has 3 aromatic carbocycles. The number of carbonyl (C=O) groups is 1. The number of hydrogen-bond acceptors (Lipinski definition) is 3. The molecular weight excluding hydrogens is 398 g/mol. The maximum Gasteiger partial charge on any atom is 0.251 e. The smallest absolute Gasteiger partial charge is 0.251 e. The van der Waals surface area contributed by atoms with Crippen LogP contribution in [0.2, 0.25) is 0 Å². The van der Waals surface area contributed by atoms with E-state index in [1.54, 1.807) is 7.11 Å². The maximum absolute atomic E-state index is 12.6. The first-order chi connectivity index (χ1) is 15.6. The van der Waals surface area contributed by atoms with E-state index in [1.165, 1.54) is 5.56 Å². The SMILES string of the molecule is COc1cccc(-c2cc(-c3ccc(C(=O)NC(C)CCc4ccccc4)cc3)[nH]n2)c1. The molecule has 5 heteroatoms. The summed E-state index contributed by atoms with van der Waals surface area (Å²) < 4.78 is 5.29. The van der Waals surface area contributed by atoms with Crippen molar-refractivity contribution >= 4 is 5.91 Å². The van der Waals surface area contributed by atoms with Gasteiger partial charge in [-0.05, 0) is 61.2 Å². The van der Waals surface area contributed by atoms with Gasteiger partial charge in [-0.2, -0.15) is 5.10 Å². The molecule has 5 nitrogen and oxygen atoms in total. The third-order valence-corrected chi connectivity index (χ3v) is 5.49. The van der Waals surface area contributed by atoms with E-state index in [4.69, 9.17) is 4.74 Å². The normalized spacial score (nSPS) is 11.7. The molecule has 0 saturated heterocycles. The van der Waals surface area contributed by atoms with Crippen LogP contribution in [0.15, 0.2) is 84.9 Å². The lowest BCUT2D eigenvalue weighted by Gasteiger charge is -2.14. The molecule has 0 aliphatic carbocycles. The lowest BCUT2D eigenvalue weighted by atomic mass is 10.0. The second-order valence-corrected chi connectivity index (χ2v) is 7.87. The summed E-state index contributed by atoms with van der Waals surface area (Å²) in [5.41, 5.74) is 5.62. The van der Waals surface area contributed by atoms with E-state index in [2.05, 4.69) is 27.6 Å². The van der Waals surface area contributed by atoms with Gasteiger partial charge in [-0.1, -0.05) is 54.6 Å². The Kier molecular flexibility index (Phi) is 6.66. The van der Waals surface area contributed by atoms with Crippen molar-refractivity contribution in [3.8, 4) is 28.3 Å². The van der Waals surface area contributed by atoms with Crippen molar-refractivity contribution in [1.82, 2.24) is 15.5 Å². The van der Waals surface area contributed by atoms with Crippen molar-refractivity contribution < 1.29 is 9.53 Å². The van der Waals surface area contributed by atoms with Crippen molar-refractivity contribution in [2.75, 3.05) is 7.11 Å². The Balaban J connectivity index is 1.37. The van der Waals surface area contributed by atoms with Crippen molar-refractivity contribution in [1.29, 1.82) is 0 Å². The van der Waals surface area contributed by atoms with Crippen LogP contribution in [0.4, 0.5) is 0 Å². The minimum Gasteiger partial charge on any atom is -0.497 e. The molecule has 1 aromatic heterocycles. The van der Waals surface area contributed by atoms with Gasteiger partial charge in [0.1, 0.15) is 5.75 Å². The molecule has 4 aromatic rings. The molecule has 0 saturated carbocycles. The molecule has 1 amide bonds. The number of hydrogen-bond donors (Lipinski definition) is 2. The number of amides is 1.